The molecule has 0 bridgehead atoms. The van der Waals surface area contributed by atoms with Crippen LogP contribution in [-0.2, 0) is 20.2 Å². The van der Waals surface area contributed by atoms with Gasteiger partial charge >= 0.3 is 0 Å². The SMILES string of the molecule is Cc1nn(-c2cccc(S(=O)(=O)O)c2)c(N)c1N=Nc1ccc(NC(=O)c2ccc(N=Nc3c(C)nn(-c4cccc(S(=O)(=O)O)c4)c3N)cc2)cc1.OCCN(CCO)CCO.OCCN(CCO)CCO. The number of nitrogens with one attached hydrogen (secondary N) is 1. The Hall–Kier alpha value is -6.93. The number of nitrogens with two attached hydrogens (primary N) is 2. The fraction of sp³-hybridized carbons (Fsp3) is 0.311. The molecule has 0 radical (unpaired) electrons. The van der Waals surface area contributed by atoms with Crippen molar-refractivity contribution in [1.29, 1.82) is 0 Å². The number of anilines is 3. The molecule has 0 unspecified atom stereocenters. The summed E-state index contributed by atoms with van der Waals surface area (Å²) >= 11 is 0. The molecular formula is C45H59N13O13S2. The predicted molar refractivity (Wildman–Crippen MR) is 270 cm³/mol. The molecule has 6 aromatic rings. The highest BCUT2D eigenvalue weighted by Gasteiger charge is 2.19. The monoisotopic (exact) mass is 1050 g/mol. The highest BCUT2D eigenvalue weighted by atomic mass is 32.2. The van der Waals surface area contributed by atoms with Crippen LogP contribution in [0.15, 0.2) is 127 Å². The minimum atomic E-state index is -4.43. The molecular weight excluding hydrogens is 995 g/mol. The highest BCUT2D eigenvalue weighted by molar-refractivity contribution is 7.86. The number of amides is 1. The van der Waals surface area contributed by atoms with E-state index in [1.807, 2.05) is 0 Å². The molecule has 0 atom stereocenters. The van der Waals surface area contributed by atoms with E-state index in [1.54, 1.807) is 84.3 Å². The smallest absolute Gasteiger partial charge is 0.294 e. The van der Waals surface area contributed by atoms with Gasteiger partial charge in [-0.1, -0.05) is 12.1 Å². The molecule has 394 valence electrons. The summed E-state index contributed by atoms with van der Waals surface area (Å²) in [5, 5.41) is 79.2. The maximum absolute atomic E-state index is 12.9. The van der Waals surface area contributed by atoms with Gasteiger partial charge in [0.25, 0.3) is 26.1 Å². The molecule has 2 heterocycles. The van der Waals surface area contributed by atoms with Crippen molar-refractivity contribution < 1.29 is 61.4 Å². The third-order valence-electron chi connectivity index (χ3n) is 10.1. The number of hydrogen-bond donors (Lipinski definition) is 11. The molecule has 1 amide bonds. The van der Waals surface area contributed by atoms with Gasteiger partial charge in [0.1, 0.15) is 0 Å². The lowest BCUT2D eigenvalue weighted by Gasteiger charge is -2.17. The van der Waals surface area contributed by atoms with Crippen LogP contribution >= 0.6 is 0 Å². The fourth-order valence-electron chi connectivity index (χ4n) is 6.49. The van der Waals surface area contributed by atoms with Crippen LogP contribution in [-0.4, -0.2) is 171 Å². The second-order valence-electron chi connectivity index (χ2n) is 15.4. The van der Waals surface area contributed by atoms with E-state index in [2.05, 4.69) is 36.0 Å². The maximum Gasteiger partial charge on any atom is 0.294 e. The Morgan fingerprint density at radius 2 is 0.890 bits per heavy atom. The van der Waals surface area contributed by atoms with Crippen molar-refractivity contribution in [3.63, 3.8) is 0 Å². The van der Waals surface area contributed by atoms with Crippen molar-refractivity contribution in [3.8, 4) is 11.4 Å². The lowest BCUT2D eigenvalue weighted by atomic mass is 10.2. The van der Waals surface area contributed by atoms with Crippen LogP contribution in [0.1, 0.15) is 21.7 Å². The first kappa shape index (κ1) is 58.6. The Morgan fingerprint density at radius 1 is 0.548 bits per heavy atom. The van der Waals surface area contributed by atoms with Crippen LogP contribution < -0.4 is 16.8 Å². The molecule has 2 aromatic heterocycles. The van der Waals surface area contributed by atoms with E-state index < -0.39 is 20.2 Å². The fourth-order valence-corrected chi connectivity index (χ4v) is 7.54. The zero-order chi connectivity index (χ0) is 53.7. The van der Waals surface area contributed by atoms with Crippen LogP contribution in [0, 0.1) is 13.8 Å². The molecule has 0 spiro atoms. The Balaban J connectivity index is 0.000000484. The molecule has 26 nitrogen and oxygen atoms in total. The first-order valence-electron chi connectivity index (χ1n) is 22.1. The number of aliphatic hydroxyl groups excluding tert-OH is 6. The minimum Gasteiger partial charge on any atom is -0.395 e. The average Bonchev–Trinajstić information content (AvgIpc) is 3.81. The number of azo groups is 2. The number of aliphatic hydroxyl groups is 6. The van der Waals surface area contributed by atoms with Gasteiger partial charge in [-0.2, -0.15) is 37.3 Å². The Labute approximate surface area is 420 Å². The number of nitrogen functional groups attached to an aromatic ring is 2. The molecule has 0 saturated carbocycles. The van der Waals surface area contributed by atoms with Crippen LogP contribution in [0.5, 0.6) is 0 Å². The van der Waals surface area contributed by atoms with Crippen molar-refractivity contribution in [2.24, 2.45) is 20.5 Å². The number of rotatable bonds is 22. The molecule has 0 saturated heterocycles. The molecule has 0 fully saturated rings. The Kier molecular flexibility index (Phi) is 22.8. The van der Waals surface area contributed by atoms with E-state index in [9.17, 15) is 30.7 Å². The summed E-state index contributed by atoms with van der Waals surface area (Å²) in [5.74, 6) is -0.183. The van der Waals surface area contributed by atoms with Gasteiger partial charge < -0.3 is 47.4 Å². The Morgan fingerprint density at radius 3 is 1.22 bits per heavy atom. The first-order chi connectivity index (χ1) is 34.8. The number of benzene rings is 4. The van der Waals surface area contributed by atoms with Crippen LogP contribution in [0.25, 0.3) is 11.4 Å². The van der Waals surface area contributed by atoms with Gasteiger partial charge in [0.15, 0.2) is 23.0 Å². The van der Waals surface area contributed by atoms with Crippen molar-refractivity contribution in [1.82, 2.24) is 29.4 Å². The summed E-state index contributed by atoms with van der Waals surface area (Å²) in [6, 6.07) is 23.8. The van der Waals surface area contributed by atoms with Crippen LogP contribution in [0.2, 0.25) is 0 Å². The number of hydrogen-bond acceptors (Lipinski definition) is 21. The van der Waals surface area contributed by atoms with Gasteiger partial charge in [-0.15, -0.1) is 10.2 Å². The molecule has 0 aliphatic carbocycles. The lowest BCUT2D eigenvalue weighted by Crippen LogP contribution is -2.32. The molecule has 0 aliphatic heterocycles. The molecule has 0 aliphatic rings. The zero-order valence-electron chi connectivity index (χ0n) is 39.8. The van der Waals surface area contributed by atoms with Gasteiger partial charge in [0, 0.05) is 50.5 Å². The van der Waals surface area contributed by atoms with Crippen LogP contribution in [0.3, 0.4) is 0 Å². The summed E-state index contributed by atoms with van der Waals surface area (Å²) in [6.45, 7) is 6.82. The predicted octanol–water partition coefficient (Wildman–Crippen LogP) is 2.95. The average molecular weight is 1050 g/mol. The highest BCUT2D eigenvalue weighted by Crippen LogP contribution is 2.33. The molecule has 13 N–H and O–H groups in total. The Bertz CT molecular complexity index is 2960. The minimum absolute atomic E-state index is 0.0694. The van der Waals surface area contributed by atoms with E-state index in [0.717, 1.165) is 0 Å². The second kappa shape index (κ2) is 28.3. The third-order valence-corrected chi connectivity index (χ3v) is 11.8. The van der Waals surface area contributed by atoms with Crippen molar-refractivity contribution >= 4 is 66.2 Å². The number of aromatic nitrogens is 4. The number of carbonyl (C=O) groups excluding carboxylic acids is 1. The van der Waals surface area contributed by atoms with E-state index in [1.165, 1.54) is 45.8 Å². The zero-order valence-corrected chi connectivity index (χ0v) is 41.4. The van der Waals surface area contributed by atoms with E-state index in [4.69, 9.17) is 42.1 Å². The standard InChI is InChI=1S/C33H29N11O7S2.2C6H15NO3/c1-19-29(31(34)43(41-19)25-5-3-7-27(17-25)52(46,47)48)39-37-23-11-9-21(10-12-23)33(45)36-22-13-15-24(16-14-22)38-40-30-20(2)42-44(32(30)35)26-6-4-8-28(18-26)53(49,50)51;2*8-4-1-7(2-5-9)3-6-10/h3-18H,34-35H2,1-2H3,(H,36,45)(H,46,47,48)(H,49,50,51);2*8-10H,1-6H2. The van der Waals surface area contributed by atoms with Gasteiger partial charge in [0.2, 0.25) is 0 Å². The van der Waals surface area contributed by atoms with Crippen molar-refractivity contribution in [2.45, 2.75) is 23.6 Å². The summed E-state index contributed by atoms with van der Waals surface area (Å²) in [6.07, 6.45) is 0. The molecule has 28 heteroatoms. The molecule has 4 aromatic carbocycles. The van der Waals surface area contributed by atoms with Gasteiger partial charge in [-0.25, -0.2) is 9.36 Å². The molecule has 6 rings (SSSR count). The van der Waals surface area contributed by atoms with E-state index >= 15 is 0 Å². The number of nitrogens with zero attached hydrogens (tertiary/aromatic N) is 10. The largest absolute Gasteiger partial charge is 0.395 e. The normalized spacial score (nSPS) is 11.8. The number of aryl methyl sites for hydroxylation is 2. The van der Waals surface area contributed by atoms with E-state index in [-0.39, 0.29) is 78.3 Å². The second-order valence-corrected chi connectivity index (χ2v) is 18.2. The van der Waals surface area contributed by atoms with Gasteiger partial charge in [-0.3, -0.25) is 23.7 Å². The van der Waals surface area contributed by atoms with E-state index in [0.29, 0.717) is 84.7 Å². The topological polar surface area (TPSA) is 403 Å². The van der Waals surface area contributed by atoms with Gasteiger partial charge in [0.05, 0.1) is 83.6 Å². The van der Waals surface area contributed by atoms with Crippen molar-refractivity contribution in [2.75, 3.05) is 95.7 Å². The van der Waals surface area contributed by atoms with Crippen molar-refractivity contribution in [3.05, 3.63) is 114 Å². The summed E-state index contributed by atoms with van der Waals surface area (Å²) in [5.41, 5.74) is 16.2. The van der Waals surface area contributed by atoms with Gasteiger partial charge in [-0.05, 0) is 98.8 Å². The molecule has 73 heavy (non-hydrogen) atoms. The van der Waals surface area contributed by atoms with Crippen LogP contribution in [0.4, 0.5) is 40.1 Å². The quantitative estimate of drug-likeness (QED) is 0.0344. The summed E-state index contributed by atoms with van der Waals surface area (Å²) in [7, 11) is -8.86. The first-order valence-corrected chi connectivity index (χ1v) is 25.0. The lowest BCUT2D eigenvalue weighted by molar-refractivity contribution is 0.102. The number of carbonyl (C=O) groups is 1. The maximum atomic E-state index is 12.9. The third kappa shape index (κ3) is 17.7. The summed E-state index contributed by atoms with van der Waals surface area (Å²) < 4.78 is 67.5. The summed E-state index contributed by atoms with van der Waals surface area (Å²) in [4.78, 5) is 15.9.